The zero-order valence-electron chi connectivity index (χ0n) is 27.3. The van der Waals surface area contributed by atoms with Crippen LogP contribution in [-0.4, -0.2) is 22.4 Å². The summed E-state index contributed by atoms with van der Waals surface area (Å²) >= 11 is 0. The molecule has 0 amide bonds. The van der Waals surface area contributed by atoms with Gasteiger partial charge in [-0.25, -0.2) is 0 Å². The average Bonchev–Trinajstić information content (AvgIpc) is 2.82. The second-order valence-corrected chi connectivity index (χ2v) is 16.2. The highest BCUT2D eigenvalue weighted by molar-refractivity contribution is 5.86. The van der Waals surface area contributed by atoms with Gasteiger partial charge in [0.05, 0.1) is 0 Å². The van der Waals surface area contributed by atoms with Gasteiger partial charge in [-0.2, -0.15) is 0 Å². The van der Waals surface area contributed by atoms with Gasteiger partial charge >= 0.3 is 0 Å². The Morgan fingerprint density at radius 2 is 0.925 bits per heavy atom. The zero-order valence-corrected chi connectivity index (χ0v) is 27.3. The van der Waals surface area contributed by atoms with E-state index in [2.05, 4.69) is 118 Å². The fourth-order valence-electron chi connectivity index (χ4n) is 6.38. The van der Waals surface area contributed by atoms with Crippen molar-refractivity contribution in [2.24, 2.45) is 21.7 Å². The molecular weight excluding hydrogens is 488 g/mol. The third kappa shape index (κ3) is 9.31. The summed E-state index contributed by atoms with van der Waals surface area (Å²) in [5, 5.41) is 23.4. The minimum atomic E-state index is -0.620. The molecule has 0 radical (unpaired) electrons. The lowest BCUT2D eigenvalue weighted by atomic mass is 9.73. The Morgan fingerprint density at radius 1 is 0.575 bits per heavy atom. The van der Waals surface area contributed by atoms with E-state index in [4.69, 9.17) is 0 Å². The van der Waals surface area contributed by atoms with Crippen molar-refractivity contribution < 1.29 is 10.2 Å². The lowest BCUT2D eigenvalue weighted by Gasteiger charge is -2.34. The van der Waals surface area contributed by atoms with E-state index >= 15 is 0 Å². The van der Waals surface area contributed by atoms with Crippen molar-refractivity contribution in [1.82, 2.24) is 0 Å². The van der Waals surface area contributed by atoms with Gasteiger partial charge in [-0.3, -0.25) is 0 Å². The van der Waals surface area contributed by atoms with Crippen molar-refractivity contribution in [3.8, 4) is 0 Å². The van der Waals surface area contributed by atoms with Gasteiger partial charge in [0.25, 0.3) is 0 Å². The molecule has 2 N–H and O–H groups in total. The van der Waals surface area contributed by atoms with E-state index in [1.54, 1.807) is 0 Å². The van der Waals surface area contributed by atoms with E-state index in [1.807, 2.05) is 0 Å². The minimum Gasteiger partial charge on any atom is -0.384 e. The predicted molar refractivity (Wildman–Crippen MR) is 174 cm³/mol. The van der Waals surface area contributed by atoms with Gasteiger partial charge in [0, 0.05) is 10.8 Å². The van der Waals surface area contributed by atoms with Crippen LogP contribution in [0, 0.1) is 21.7 Å². The summed E-state index contributed by atoms with van der Waals surface area (Å²) in [6.45, 7) is 22.7. The van der Waals surface area contributed by atoms with Crippen LogP contribution in [0.15, 0.2) is 59.7 Å². The number of rotatable bonds is 10. The number of hydrogen-bond donors (Lipinski definition) is 2. The molecule has 2 atom stereocenters. The highest BCUT2D eigenvalue weighted by atomic mass is 16.3. The average molecular weight is 547 g/mol. The zero-order chi connectivity index (χ0) is 29.9. The quantitative estimate of drug-likeness (QED) is 0.226. The van der Waals surface area contributed by atoms with E-state index in [0.717, 1.165) is 59.1 Å². The number of aliphatic hydroxyl groups is 2. The highest BCUT2D eigenvalue weighted by Crippen LogP contribution is 2.44. The van der Waals surface area contributed by atoms with Crippen molar-refractivity contribution in [2.45, 2.75) is 133 Å². The van der Waals surface area contributed by atoms with Crippen LogP contribution < -0.4 is 0 Å². The molecule has 1 aromatic rings. The molecule has 0 aromatic heterocycles. The van der Waals surface area contributed by atoms with Crippen LogP contribution in [0.1, 0.15) is 132 Å². The second kappa shape index (κ2) is 12.5. The molecule has 0 aliphatic heterocycles. The Bertz CT molecular complexity index is 1050. The van der Waals surface area contributed by atoms with Crippen LogP contribution in [0.4, 0.5) is 0 Å². The summed E-state index contributed by atoms with van der Waals surface area (Å²) in [5.41, 5.74) is 6.68. The molecular formula is C38H58O2. The minimum absolute atomic E-state index is 0.141. The molecule has 40 heavy (non-hydrogen) atoms. The lowest BCUT2D eigenvalue weighted by molar-refractivity contribution is 0.252. The lowest BCUT2D eigenvalue weighted by Crippen LogP contribution is -2.26. The topological polar surface area (TPSA) is 40.5 Å². The van der Waals surface area contributed by atoms with E-state index in [-0.39, 0.29) is 10.8 Å². The van der Waals surface area contributed by atoms with Crippen molar-refractivity contribution >= 4 is 11.1 Å². The van der Waals surface area contributed by atoms with Crippen LogP contribution in [0.25, 0.3) is 11.1 Å². The first-order valence-corrected chi connectivity index (χ1v) is 15.7. The molecule has 0 spiro atoms. The monoisotopic (exact) mass is 546 g/mol. The summed E-state index contributed by atoms with van der Waals surface area (Å²) < 4.78 is 0. The summed E-state index contributed by atoms with van der Waals surface area (Å²) in [5.74, 6) is 0. The van der Waals surface area contributed by atoms with Gasteiger partial charge in [0.2, 0.25) is 0 Å². The van der Waals surface area contributed by atoms with Crippen molar-refractivity contribution in [3.63, 3.8) is 0 Å². The Kier molecular flexibility index (Phi) is 10.2. The molecule has 3 rings (SSSR count). The van der Waals surface area contributed by atoms with Crippen LogP contribution in [0.3, 0.4) is 0 Å². The molecule has 2 unspecified atom stereocenters. The Labute approximate surface area is 246 Å². The van der Waals surface area contributed by atoms with Gasteiger partial charge in [-0.1, -0.05) is 131 Å². The third-order valence-corrected chi connectivity index (χ3v) is 8.29. The molecule has 0 saturated heterocycles. The van der Waals surface area contributed by atoms with Gasteiger partial charge in [-0.05, 0) is 82.8 Å². The highest BCUT2D eigenvalue weighted by Gasteiger charge is 2.33. The molecule has 0 fully saturated rings. The molecule has 2 aliphatic carbocycles. The maximum atomic E-state index is 11.7. The van der Waals surface area contributed by atoms with E-state index in [1.165, 1.54) is 25.7 Å². The van der Waals surface area contributed by atoms with Crippen LogP contribution in [0.5, 0.6) is 0 Å². The van der Waals surface area contributed by atoms with Gasteiger partial charge in [-0.15, -0.1) is 0 Å². The summed E-state index contributed by atoms with van der Waals surface area (Å²) in [6.07, 6.45) is 16.5. The molecule has 2 heteroatoms. The molecule has 1 aromatic carbocycles. The molecule has 222 valence electrons. The van der Waals surface area contributed by atoms with E-state index in [9.17, 15) is 10.2 Å². The molecule has 2 nitrogen and oxygen atoms in total. The largest absolute Gasteiger partial charge is 0.384 e. The number of benzene rings is 1. The predicted octanol–water partition coefficient (Wildman–Crippen LogP) is 10.3. The van der Waals surface area contributed by atoms with Gasteiger partial charge < -0.3 is 10.2 Å². The fraction of sp³-hybridized carbons (Fsp3) is 0.632. The van der Waals surface area contributed by atoms with Gasteiger partial charge in [0.15, 0.2) is 0 Å². The standard InChI is InChI=1S/C38H58O2/c1-35(2,3)21-15-13-17-27-23-37(7,8)25-31(33(27)39)29-19-11-12-20-30(29)32-26-38(9,10)24-28(34(32)40)18-14-16-22-36(4,5)6/h11-12,19-20,23-26,33-34,39-40H,13-18,21-22H2,1-10H3. The number of aliphatic hydroxyl groups excluding tert-OH is 2. The second-order valence-electron chi connectivity index (χ2n) is 16.2. The van der Waals surface area contributed by atoms with Crippen molar-refractivity contribution in [1.29, 1.82) is 0 Å². The first-order valence-electron chi connectivity index (χ1n) is 15.7. The summed E-state index contributed by atoms with van der Waals surface area (Å²) in [4.78, 5) is 0. The molecule has 2 aliphatic rings. The number of unbranched alkanes of at least 4 members (excludes halogenated alkanes) is 2. The maximum absolute atomic E-state index is 11.7. The normalized spacial score (nSPS) is 22.8. The van der Waals surface area contributed by atoms with E-state index in [0.29, 0.717) is 10.8 Å². The fourth-order valence-corrected chi connectivity index (χ4v) is 6.38. The first-order chi connectivity index (χ1) is 18.4. The van der Waals surface area contributed by atoms with Crippen molar-refractivity contribution in [2.75, 3.05) is 0 Å². The maximum Gasteiger partial charge on any atom is 0.100 e. The summed E-state index contributed by atoms with van der Waals surface area (Å²) in [7, 11) is 0. The first kappa shape index (κ1) is 32.6. The third-order valence-electron chi connectivity index (χ3n) is 8.29. The van der Waals surface area contributed by atoms with E-state index < -0.39 is 12.2 Å². The molecule has 0 bridgehead atoms. The van der Waals surface area contributed by atoms with Crippen LogP contribution in [-0.2, 0) is 0 Å². The Morgan fingerprint density at radius 3 is 1.25 bits per heavy atom. The molecule has 0 saturated carbocycles. The van der Waals surface area contributed by atoms with Gasteiger partial charge in [0.1, 0.15) is 12.2 Å². The van der Waals surface area contributed by atoms with Crippen LogP contribution >= 0.6 is 0 Å². The number of hydrogen-bond acceptors (Lipinski definition) is 2. The summed E-state index contributed by atoms with van der Waals surface area (Å²) in [6, 6.07) is 8.38. The SMILES string of the molecule is CC1(C)C=C(CCCCC(C)(C)C)C(O)C(c2ccccc2C2=CC(C)(C)C=C(CCCCC(C)(C)C)C2O)=C1. The smallest absolute Gasteiger partial charge is 0.100 e. The Hall–Kier alpha value is -1.90. The molecule has 0 heterocycles. The van der Waals surface area contributed by atoms with Crippen LogP contribution in [0.2, 0.25) is 0 Å². The number of allylic oxidation sites excluding steroid dienone is 4. The Balaban J connectivity index is 1.87. The van der Waals surface area contributed by atoms with Crippen molar-refractivity contribution in [3.05, 3.63) is 70.8 Å².